The van der Waals surface area contributed by atoms with Crippen LogP contribution >= 0.6 is 0 Å². The Morgan fingerprint density at radius 1 is 1.33 bits per heavy atom. The van der Waals surface area contributed by atoms with Crippen LogP contribution in [0.1, 0.15) is 47.0 Å². The van der Waals surface area contributed by atoms with E-state index in [-0.39, 0.29) is 18.0 Å². The van der Waals surface area contributed by atoms with Gasteiger partial charge in [-0.25, -0.2) is 0 Å². The van der Waals surface area contributed by atoms with Crippen molar-refractivity contribution < 1.29 is 4.79 Å². The van der Waals surface area contributed by atoms with Gasteiger partial charge in [-0.15, -0.1) is 0 Å². The van der Waals surface area contributed by atoms with Crippen molar-refractivity contribution in [1.29, 1.82) is 0 Å². The van der Waals surface area contributed by atoms with Crippen LogP contribution < -0.4 is 5.73 Å². The molecule has 0 heterocycles. The third-order valence-electron chi connectivity index (χ3n) is 3.11. The fourth-order valence-corrected chi connectivity index (χ4v) is 1.46. The average molecular weight is 214 g/mol. The second-order valence-corrected chi connectivity index (χ2v) is 4.68. The second-order valence-electron chi connectivity index (χ2n) is 4.68. The Labute approximate surface area is 94.0 Å². The lowest BCUT2D eigenvalue weighted by Gasteiger charge is -2.30. The quantitative estimate of drug-likeness (QED) is 0.735. The highest BCUT2D eigenvalue weighted by molar-refractivity contribution is 5.81. The predicted molar refractivity (Wildman–Crippen MR) is 64.6 cm³/mol. The molecule has 3 nitrogen and oxygen atoms in total. The lowest BCUT2D eigenvalue weighted by Crippen LogP contribution is -2.47. The predicted octanol–water partition coefficient (Wildman–Crippen LogP) is 2.01. The first-order valence-corrected chi connectivity index (χ1v) is 5.94. The average Bonchev–Trinajstić information content (AvgIpc) is 2.22. The summed E-state index contributed by atoms with van der Waals surface area (Å²) in [7, 11) is 1.85. The van der Waals surface area contributed by atoms with Crippen LogP contribution in [-0.2, 0) is 4.79 Å². The highest BCUT2D eigenvalue weighted by Gasteiger charge is 2.22. The lowest BCUT2D eigenvalue weighted by atomic mass is 10.0. The van der Waals surface area contributed by atoms with Crippen LogP contribution in [0.15, 0.2) is 0 Å². The van der Waals surface area contributed by atoms with E-state index in [1.807, 2.05) is 7.05 Å². The van der Waals surface area contributed by atoms with Gasteiger partial charge in [0.2, 0.25) is 5.91 Å². The van der Waals surface area contributed by atoms with Gasteiger partial charge in [0.05, 0.1) is 6.04 Å². The smallest absolute Gasteiger partial charge is 0.239 e. The Kier molecular flexibility index (Phi) is 6.57. The molecule has 2 N–H and O–H groups in total. The number of unbranched alkanes of at least 4 members (excludes halogenated alkanes) is 1. The molecule has 0 spiro atoms. The molecule has 15 heavy (non-hydrogen) atoms. The molecule has 0 fully saturated rings. The maximum Gasteiger partial charge on any atom is 0.239 e. The minimum atomic E-state index is -0.323. The van der Waals surface area contributed by atoms with Crippen molar-refractivity contribution in [1.82, 2.24) is 4.90 Å². The zero-order chi connectivity index (χ0) is 12.0. The van der Waals surface area contributed by atoms with Crippen molar-refractivity contribution in [3.05, 3.63) is 0 Å². The van der Waals surface area contributed by atoms with Gasteiger partial charge >= 0.3 is 0 Å². The van der Waals surface area contributed by atoms with Gasteiger partial charge in [0.25, 0.3) is 0 Å². The number of hydrogen-bond donors (Lipinski definition) is 1. The van der Waals surface area contributed by atoms with Gasteiger partial charge in [-0.3, -0.25) is 4.79 Å². The number of amides is 1. The molecule has 90 valence electrons. The minimum absolute atomic E-state index is 0.0738. The summed E-state index contributed by atoms with van der Waals surface area (Å²) in [4.78, 5) is 13.7. The van der Waals surface area contributed by atoms with E-state index in [2.05, 4.69) is 27.7 Å². The molecule has 2 atom stereocenters. The molecular formula is C12H26N2O. The first kappa shape index (κ1) is 14.4. The monoisotopic (exact) mass is 214 g/mol. The molecule has 0 aliphatic heterocycles. The van der Waals surface area contributed by atoms with Gasteiger partial charge < -0.3 is 10.6 Å². The van der Waals surface area contributed by atoms with Crippen LogP contribution in [0.2, 0.25) is 0 Å². The number of hydrogen-bond acceptors (Lipinski definition) is 2. The highest BCUT2D eigenvalue weighted by Crippen LogP contribution is 2.10. The normalized spacial score (nSPS) is 15.1. The molecule has 0 aromatic rings. The Hall–Kier alpha value is -0.570. The summed E-state index contributed by atoms with van der Waals surface area (Å²) >= 11 is 0. The molecule has 0 radical (unpaired) electrons. The van der Waals surface area contributed by atoms with E-state index in [1.165, 1.54) is 0 Å². The van der Waals surface area contributed by atoms with Crippen molar-refractivity contribution in [2.45, 2.75) is 59.0 Å². The molecule has 0 aromatic heterocycles. The number of nitrogens with two attached hydrogens (primary N) is 1. The summed E-state index contributed by atoms with van der Waals surface area (Å²) in [6.45, 7) is 8.41. The first-order valence-electron chi connectivity index (χ1n) is 5.94. The molecule has 3 heteroatoms. The maximum absolute atomic E-state index is 11.9. The molecular weight excluding hydrogens is 188 g/mol. The molecule has 0 aliphatic rings. The van der Waals surface area contributed by atoms with Crippen molar-refractivity contribution in [2.75, 3.05) is 7.05 Å². The Bertz CT molecular complexity index is 192. The summed E-state index contributed by atoms with van der Waals surface area (Å²) in [5.41, 5.74) is 5.85. The number of likely N-dealkylation sites (N-methyl/N-ethyl adjacent to an activating group) is 1. The van der Waals surface area contributed by atoms with Gasteiger partial charge in [-0.05, 0) is 19.3 Å². The zero-order valence-electron chi connectivity index (χ0n) is 10.8. The van der Waals surface area contributed by atoms with E-state index >= 15 is 0 Å². The third kappa shape index (κ3) is 4.65. The third-order valence-corrected chi connectivity index (χ3v) is 3.11. The number of carbonyl (C=O) groups excluding carboxylic acids is 1. The molecule has 0 aromatic carbocycles. The van der Waals surface area contributed by atoms with Gasteiger partial charge in [-0.1, -0.05) is 33.6 Å². The van der Waals surface area contributed by atoms with Crippen LogP contribution in [0.25, 0.3) is 0 Å². The molecule has 1 unspecified atom stereocenters. The van der Waals surface area contributed by atoms with Crippen LogP contribution in [0.3, 0.4) is 0 Å². The Balaban J connectivity index is 4.18. The summed E-state index contributed by atoms with van der Waals surface area (Å²) in [6, 6.07) is -0.0682. The summed E-state index contributed by atoms with van der Waals surface area (Å²) in [6.07, 6.45) is 2.91. The van der Waals surface area contributed by atoms with Crippen LogP contribution in [-0.4, -0.2) is 29.9 Å². The van der Waals surface area contributed by atoms with Crippen molar-refractivity contribution in [3.8, 4) is 0 Å². The first-order chi connectivity index (χ1) is 6.91. The molecule has 0 rings (SSSR count). The van der Waals surface area contributed by atoms with Gasteiger partial charge in [0, 0.05) is 13.1 Å². The number of nitrogens with zero attached hydrogens (tertiary/aromatic N) is 1. The zero-order valence-corrected chi connectivity index (χ0v) is 10.8. The Morgan fingerprint density at radius 3 is 2.27 bits per heavy atom. The molecule has 0 saturated carbocycles. The summed E-state index contributed by atoms with van der Waals surface area (Å²) < 4.78 is 0. The van der Waals surface area contributed by atoms with Crippen LogP contribution in [0, 0.1) is 5.92 Å². The summed E-state index contributed by atoms with van der Waals surface area (Å²) in [5.74, 6) is 0.543. The SMILES string of the molecule is CCCC[C@H](N)C(=O)N(C)C(C)C(C)C. The standard InChI is InChI=1S/C12H26N2O/c1-6-7-8-11(13)12(15)14(5)10(4)9(2)3/h9-11H,6-8,13H2,1-5H3/t10?,11-/m0/s1. The number of carbonyl (C=O) groups is 1. The fourth-order valence-electron chi connectivity index (χ4n) is 1.46. The molecule has 0 bridgehead atoms. The van der Waals surface area contributed by atoms with Crippen molar-refractivity contribution in [3.63, 3.8) is 0 Å². The van der Waals surface area contributed by atoms with Crippen LogP contribution in [0.4, 0.5) is 0 Å². The minimum Gasteiger partial charge on any atom is -0.341 e. The van der Waals surface area contributed by atoms with Gasteiger partial charge in [0.15, 0.2) is 0 Å². The second kappa shape index (κ2) is 6.83. The van der Waals surface area contributed by atoms with Crippen molar-refractivity contribution in [2.24, 2.45) is 11.7 Å². The maximum atomic E-state index is 11.9. The van der Waals surface area contributed by atoms with E-state index in [0.717, 1.165) is 19.3 Å². The molecule has 0 saturated heterocycles. The fraction of sp³-hybridized carbons (Fsp3) is 0.917. The van der Waals surface area contributed by atoms with Crippen LogP contribution in [0.5, 0.6) is 0 Å². The molecule has 1 amide bonds. The van der Waals surface area contributed by atoms with Crippen molar-refractivity contribution >= 4 is 5.91 Å². The lowest BCUT2D eigenvalue weighted by molar-refractivity contribution is -0.134. The van der Waals surface area contributed by atoms with Gasteiger partial charge in [0.1, 0.15) is 0 Å². The van der Waals surface area contributed by atoms with E-state index < -0.39 is 0 Å². The number of rotatable bonds is 6. The van der Waals surface area contributed by atoms with E-state index in [9.17, 15) is 4.79 Å². The van der Waals surface area contributed by atoms with E-state index in [4.69, 9.17) is 5.73 Å². The molecule has 0 aliphatic carbocycles. The largest absolute Gasteiger partial charge is 0.341 e. The van der Waals surface area contributed by atoms with E-state index in [0.29, 0.717) is 5.92 Å². The topological polar surface area (TPSA) is 46.3 Å². The van der Waals surface area contributed by atoms with E-state index in [1.54, 1.807) is 4.90 Å². The highest BCUT2D eigenvalue weighted by atomic mass is 16.2. The Morgan fingerprint density at radius 2 is 1.87 bits per heavy atom. The summed E-state index contributed by atoms with van der Waals surface area (Å²) in [5, 5.41) is 0. The van der Waals surface area contributed by atoms with Gasteiger partial charge in [-0.2, -0.15) is 0 Å².